The number of nitrogens with zero attached hydrogens (tertiary/aromatic N) is 3. The van der Waals surface area contributed by atoms with Crippen molar-refractivity contribution in [3.8, 4) is 6.01 Å². The summed E-state index contributed by atoms with van der Waals surface area (Å²) in [7, 11) is 1.53. The predicted octanol–water partition coefficient (Wildman–Crippen LogP) is 0.454. The Bertz CT molecular complexity index is 461. The molecular weight excluding hydrogens is 260 g/mol. The van der Waals surface area contributed by atoms with E-state index in [4.69, 9.17) is 9.47 Å². The minimum absolute atomic E-state index is 0.138. The van der Waals surface area contributed by atoms with Gasteiger partial charge in [-0.25, -0.2) is 4.98 Å². The standard InChI is InChI=1S/C13H20N4O3/c1-10-9-11(16-13(15-10)19-2)14-4-3-12(18)17-5-7-20-8-6-17/h9H,3-8H2,1-2H3,(H,14,15,16). The zero-order chi connectivity index (χ0) is 14.4. The molecule has 0 bridgehead atoms. The van der Waals surface area contributed by atoms with Crippen molar-refractivity contribution in [3.05, 3.63) is 11.8 Å². The minimum atomic E-state index is 0.138. The van der Waals surface area contributed by atoms with Gasteiger partial charge in [-0.05, 0) is 6.92 Å². The largest absolute Gasteiger partial charge is 0.467 e. The molecule has 1 fully saturated rings. The summed E-state index contributed by atoms with van der Waals surface area (Å²) in [4.78, 5) is 22.1. The third-order valence-corrected chi connectivity index (χ3v) is 3.03. The van der Waals surface area contributed by atoms with Gasteiger partial charge in [-0.1, -0.05) is 0 Å². The summed E-state index contributed by atoms with van der Waals surface area (Å²) in [6.45, 7) is 5.02. The maximum absolute atomic E-state index is 12.0. The Morgan fingerprint density at radius 1 is 1.45 bits per heavy atom. The van der Waals surface area contributed by atoms with Crippen LogP contribution in [0.4, 0.5) is 5.82 Å². The Morgan fingerprint density at radius 2 is 2.20 bits per heavy atom. The highest BCUT2D eigenvalue weighted by Crippen LogP contribution is 2.11. The molecule has 0 aliphatic carbocycles. The van der Waals surface area contributed by atoms with Crippen LogP contribution in [0.25, 0.3) is 0 Å². The first kappa shape index (κ1) is 14.5. The van der Waals surface area contributed by atoms with Crippen LogP contribution in [-0.2, 0) is 9.53 Å². The number of methoxy groups -OCH3 is 1. The Balaban J connectivity index is 1.80. The second-order valence-corrected chi connectivity index (χ2v) is 4.55. The van der Waals surface area contributed by atoms with E-state index in [-0.39, 0.29) is 5.91 Å². The molecule has 2 rings (SSSR count). The van der Waals surface area contributed by atoms with Crippen LogP contribution in [0.5, 0.6) is 6.01 Å². The van der Waals surface area contributed by atoms with Crippen molar-refractivity contribution < 1.29 is 14.3 Å². The molecule has 0 radical (unpaired) electrons. The molecule has 1 N–H and O–H groups in total. The third-order valence-electron chi connectivity index (χ3n) is 3.03. The predicted molar refractivity (Wildman–Crippen MR) is 73.8 cm³/mol. The number of rotatable bonds is 5. The van der Waals surface area contributed by atoms with Crippen LogP contribution in [0.2, 0.25) is 0 Å². The van der Waals surface area contributed by atoms with Gasteiger partial charge in [0.15, 0.2) is 0 Å². The third kappa shape index (κ3) is 4.06. The van der Waals surface area contributed by atoms with Gasteiger partial charge in [0.1, 0.15) is 5.82 Å². The highest BCUT2D eigenvalue weighted by atomic mass is 16.5. The first-order chi connectivity index (χ1) is 9.69. The van der Waals surface area contributed by atoms with E-state index in [1.807, 2.05) is 17.9 Å². The van der Waals surface area contributed by atoms with Crippen LogP contribution in [0, 0.1) is 6.92 Å². The van der Waals surface area contributed by atoms with Crippen LogP contribution in [-0.4, -0.2) is 60.7 Å². The SMILES string of the molecule is COc1nc(C)cc(NCCC(=O)N2CCOCC2)n1. The molecule has 0 atom stereocenters. The molecule has 0 saturated carbocycles. The van der Waals surface area contributed by atoms with Crippen molar-refractivity contribution in [2.45, 2.75) is 13.3 Å². The zero-order valence-corrected chi connectivity index (χ0v) is 11.9. The molecule has 1 aliphatic heterocycles. The fraction of sp³-hybridized carbons (Fsp3) is 0.615. The number of aryl methyl sites for hydroxylation is 1. The quantitative estimate of drug-likeness (QED) is 0.844. The van der Waals surface area contributed by atoms with Crippen molar-refractivity contribution in [2.75, 3.05) is 45.3 Å². The number of hydrogen-bond donors (Lipinski definition) is 1. The minimum Gasteiger partial charge on any atom is -0.467 e. The lowest BCUT2D eigenvalue weighted by Crippen LogP contribution is -2.41. The van der Waals surface area contributed by atoms with Crippen LogP contribution >= 0.6 is 0 Å². The van der Waals surface area contributed by atoms with Crippen LogP contribution in [0.3, 0.4) is 0 Å². The molecule has 110 valence electrons. The van der Waals surface area contributed by atoms with E-state index in [0.717, 1.165) is 5.69 Å². The summed E-state index contributed by atoms with van der Waals surface area (Å²) >= 11 is 0. The van der Waals surface area contributed by atoms with Gasteiger partial charge in [-0.15, -0.1) is 0 Å². The molecule has 0 aromatic carbocycles. The number of ether oxygens (including phenoxy) is 2. The van der Waals surface area contributed by atoms with E-state index in [2.05, 4.69) is 15.3 Å². The van der Waals surface area contributed by atoms with Crippen molar-refractivity contribution in [1.82, 2.24) is 14.9 Å². The number of nitrogens with one attached hydrogen (secondary N) is 1. The maximum atomic E-state index is 12.0. The van der Waals surface area contributed by atoms with E-state index >= 15 is 0 Å². The van der Waals surface area contributed by atoms with Gasteiger partial charge >= 0.3 is 6.01 Å². The summed E-state index contributed by atoms with van der Waals surface area (Å²) in [6, 6.07) is 2.15. The molecule has 0 spiro atoms. The smallest absolute Gasteiger partial charge is 0.318 e. The summed E-state index contributed by atoms with van der Waals surface area (Å²) < 4.78 is 10.2. The fourth-order valence-electron chi connectivity index (χ4n) is 1.99. The maximum Gasteiger partial charge on any atom is 0.318 e. The molecule has 1 aliphatic rings. The fourth-order valence-corrected chi connectivity index (χ4v) is 1.99. The molecular formula is C13H20N4O3. The number of aromatic nitrogens is 2. The highest BCUT2D eigenvalue weighted by molar-refractivity contribution is 5.76. The van der Waals surface area contributed by atoms with Gasteiger partial charge in [-0.2, -0.15) is 4.98 Å². The highest BCUT2D eigenvalue weighted by Gasteiger charge is 2.16. The average Bonchev–Trinajstić information content (AvgIpc) is 2.47. The number of hydrogen-bond acceptors (Lipinski definition) is 6. The lowest BCUT2D eigenvalue weighted by Gasteiger charge is -2.26. The van der Waals surface area contributed by atoms with Crippen LogP contribution < -0.4 is 10.1 Å². The van der Waals surface area contributed by atoms with Crippen molar-refractivity contribution in [3.63, 3.8) is 0 Å². The van der Waals surface area contributed by atoms with Crippen molar-refractivity contribution in [1.29, 1.82) is 0 Å². The Morgan fingerprint density at radius 3 is 2.90 bits per heavy atom. The molecule has 2 heterocycles. The molecule has 7 nitrogen and oxygen atoms in total. The normalized spacial score (nSPS) is 15.0. The van der Waals surface area contributed by atoms with Gasteiger partial charge in [0.05, 0.1) is 20.3 Å². The topological polar surface area (TPSA) is 76.6 Å². The van der Waals surface area contributed by atoms with Gasteiger partial charge in [0.2, 0.25) is 5.91 Å². The first-order valence-electron chi connectivity index (χ1n) is 6.68. The molecule has 1 amide bonds. The second-order valence-electron chi connectivity index (χ2n) is 4.55. The first-order valence-corrected chi connectivity index (χ1v) is 6.68. The molecule has 0 unspecified atom stereocenters. The van der Waals surface area contributed by atoms with E-state index in [1.165, 1.54) is 7.11 Å². The van der Waals surface area contributed by atoms with Crippen molar-refractivity contribution >= 4 is 11.7 Å². The van der Waals surface area contributed by atoms with E-state index in [9.17, 15) is 4.79 Å². The Labute approximate surface area is 118 Å². The average molecular weight is 280 g/mol. The number of carbonyl (C=O) groups is 1. The Hall–Kier alpha value is -1.89. The van der Waals surface area contributed by atoms with E-state index in [1.54, 1.807) is 0 Å². The monoisotopic (exact) mass is 280 g/mol. The van der Waals surface area contributed by atoms with Gasteiger partial charge in [0, 0.05) is 37.8 Å². The molecule has 1 saturated heterocycles. The molecule has 7 heteroatoms. The van der Waals surface area contributed by atoms with Crippen molar-refractivity contribution in [2.24, 2.45) is 0 Å². The number of carbonyl (C=O) groups excluding carboxylic acids is 1. The van der Waals surface area contributed by atoms with Gasteiger partial charge < -0.3 is 19.7 Å². The lowest BCUT2D eigenvalue weighted by atomic mass is 10.3. The summed E-state index contributed by atoms with van der Waals surface area (Å²) in [5.74, 6) is 0.808. The molecule has 1 aromatic heterocycles. The summed E-state index contributed by atoms with van der Waals surface area (Å²) in [6.07, 6.45) is 0.436. The second kappa shape index (κ2) is 7.04. The molecule has 1 aromatic rings. The number of anilines is 1. The van der Waals surface area contributed by atoms with E-state index in [0.29, 0.717) is 51.1 Å². The van der Waals surface area contributed by atoms with Crippen LogP contribution in [0.1, 0.15) is 12.1 Å². The zero-order valence-electron chi connectivity index (χ0n) is 11.9. The van der Waals surface area contributed by atoms with Crippen LogP contribution in [0.15, 0.2) is 6.07 Å². The van der Waals surface area contributed by atoms with Gasteiger partial charge in [-0.3, -0.25) is 4.79 Å². The number of morpholine rings is 1. The molecule has 20 heavy (non-hydrogen) atoms. The summed E-state index contributed by atoms with van der Waals surface area (Å²) in [5, 5.41) is 3.12. The van der Waals surface area contributed by atoms with Gasteiger partial charge in [0.25, 0.3) is 0 Å². The summed E-state index contributed by atoms with van der Waals surface area (Å²) in [5.41, 5.74) is 0.818. The number of amides is 1. The lowest BCUT2D eigenvalue weighted by molar-refractivity contribution is -0.134. The van der Waals surface area contributed by atoms with E-state index < -0.39 is 0 Å². The Kier molecular flexibility index (Phi) is 5.11.